The van der Waals surface area contributed by atoms with E-state index in [4.69, 9.17) is 16.3 Å². The Morgan fingerprint density at radius 3 is 1.46 bits per heavy atom. The fourth-order valence-corrected chi connectivity index (χ4v) is 2.80. The maximum absolute atomic E-state index is 11.1. The Kier molecular flexibility index (Phi) is 9.70. The Morgan fingerprint density at radius 1 is 0.833 bits per heavy atom. The van der Waals surface area contributed by atoms with Crippen LogP contribution in [0.5, 0.6) is 0 Å². The molecule has 2 N–H and O–H groups in total. The average molecular weight is 402 g/mol. The van der Waals surface area contributed by atoms with Crippen LogP contribution in [0.25, 0.3) is 0 Å². The van der Waals surface area contributed by atoms with Crippen LogP contribution in [0.15, 0.2) is 58.3 Å². The van der Waals surface area contributed by atoms with Gasteiger partial charge in [-0.1, -0.05) is 35.4 Å². The average Bonchev–Trinajstić information content (AvgIpc) is 2.48. The van der Waals surface area contributed by atoms with Gasteiger partial charge in [-0.2, -0.15) is 8.42 Å². The van der Waals surface area contributed by atoms with Gasteiger partial charge in [0.2, 0.25) is 0 Å². The summed E-state index contributed by atoms with van der Waals surface area (Å²) in [6, 6.07) is 12.4. The minimum Gasteiger partial charge on any atom is -1.00 e. The topological polar surface area (TPSA) is 101 Å². The molecule has 0 aromatic heterocycles. The van der Waals surface area contributed by atoms with Crippen molar-refractivity contribution in [3.8, 4) is 0 Å². The first-order valence-electron chi connectivity index (χ1n) is 6.29. The fraction of sp³-hybridized carbons (Fsp3) is 0.143. The molecule has 0 aliphatic carbocycles. The maximum atomic E-state index is 11.1. The van der Waals surface area contributed by atoms with Crippen molar-refractivity contribution in [3.63, 3.8) is 0 Å². The van der Waals surface area contributed by atoms with Gasteiger partial charge in [0, 0.05) is 0 Å². The molecule has 6 nitrogen and oxygen atoms in total. The molecule has 2 rings (SSSR count). The maximum Gasteiger partial charge on any atom is 1.00 e. The molecule has 0 bridgehead atoms. The van der Waals surface area contributed by atoms with E-state index in [1.807, 2.05) is 13.8 Å². The Balaban J connectivity index is 0. The van der Waals surface area contributed by atoms with Gasteiger partial charge in [0.25, 0.3) is 20.1 Å². The molecule has 0 unspecified atom stereocenters. The van der Waals surface area contributed by atoms with Crippen LogP contribution >= 0.6 is 11.8 Å². The summed E-state index contributed by atoms with van der Waals surface area (Å²) in [5.41, 5.74) is 1.96. The van der Waals surface area contributed by atoms with Gasteiger partial charge in [0.1, 0.15) is 0 Å². The van der Waals surface area contributed by atoms with E-state index in [1.165, 1.54) is 24.3 Å². The number of hydrogen-bond donors (Lipinski definition) is 2. The van der Waals surface area contributed by atoms with E-state index >= 15 is 0 Å². The van der Waals surface area contributed by atoms with E-state index in [-0.39, 0.29) is 40.8 Å². The van der Waals surface area contributed by atoms with Crippen molar-refractivity contribution in [1.29, 1.82) is 0 Å². The monoisotopic (exact) mass is 401 g/mol. The van der Waals surface area contributed by atoms with Crippen molar-refractivity contribution in [2.75, 3.05) is 0 Å². The molecule has 24 heavy (non-hydrogen) atoms. The summed E-state index contributed by atoms with van der Waals surface area (Å²) in [7, 11) is -7.52. The van der Waals surface area contributed by atoms with Crippen molar-refractivity contribution in [2.24, 2.45) is 0 Å². The molecular formula is C14H17ClNNaO5S2. The molecule has 0 aliphatic heterocycles. The molecule has 0 fully saturated rings. The summed E-state index contributed by atoms with van der Waals surface area (Å²) >= 11 is 5.03. The van der Waals surface area contributed by atoms with Gasteiger partial charge in [0.15, 0.2) is 0 Å². The SMILES string of the molecule is Cc1ccc(S(=O)(=O)NCl)cc1.Cc1ccc(S(=O)(=O)O)cc1.[H-].[Na+]. The molecule has 0 radical (unpaired) electrons. The van der Waals surface area contributed by atoms with Crippen LogP contribution in [-0.4, -0.2) is 21.4 Å². The van der Waals surface area contributed by atoms with Gasteiger partial charge in [-0.15, -0.1) is 4.24 Å². The number of nitrogens with one attached hydrogen (secondary N) is 1. The summed E-state index contributed by atoms with van der Waals surface area (Å²) in [6.45, 7) is 3.72. The first-order valence-corrected chi connectivity index (χ1v) is 9.59. The number of halogens is 1. The quantitative estimate of drug-likeness (QED) is 0.421. The summed E-state index contributed by atoms with van der Waals surface area (Å²) in [5, 5.41) is 0. The number of hydrogen-bond acceptors (Lipinski definition) is 4. The van der Waals surface area contributed by atoms with Gasteiger partial charge in [-0.05, 0) is 49.9 Å². The van der Waals surface area contributed by atoms with E-state index in [0.29, 0.717) is 0 Å². The van der Waals surface area contributed by atoms with Crippen LogP contribution in [0.3, 0.4) is 0 Å². The molecule has 0 spiro atoms. The van der Waals surface area contributed by atoms with Crippen molar-refractivity contribution in [1.82, 2.24) is 4.24 Å². The minimum atomic E-state index is -4.02. The van der Waals surface area contributed by atoms with E-state index < -0.39 is 20.1 Å². The van der Waals surface area contributed by atoms with Crippen molar-refractivity contribution in [3.05, 3.63) is 59.7 Å². The van der Waals surface area contributed by atoms with Gasteiger partial charge >= 0.3 is 29.6 Å². The second-order valence-electron chi connectivity index (χ2n) is 4.68. The van der Waals surface area contributed by atoms with Crippen molar-refractivity contribution < 1.29 is 52.4 Å². The third-order valence-electron chi connectivity index (χ3n) is 2.75. The smallest absolute Gasteiger partial charge is 1.00 e. The zero-order valence-corrected chi connectivity index (χ0v) is 17.8. The fourth-order valence-electron chi connectivity index (χ4n) is 1.47. The molecular weight excluding hydrogens is 385 g/mol. The summed E-state index contributed by atoms with van der Waals surface area (Å²) in [6.07, 6.45) is 0. The normalized spacial score (nSPS) is 11.0. The van der Waals surface area contributed by atoms with E-state index in [0.717, 1.165) is 11.1 Å². The summed E-state index contributed by atoms with van der Waals surface area (Å²) in [4.78, 5) is 0.103. The summed E-state index contributed by atoms with van der Waals surface area (Å²) in [5.74, 6) is 0. The number of aryl methyl sites for hydroxylation is 2. The minimum absolute atomic E-state index is 0. The molecule has 0 aliphatic rings. The Hall–Kier alpha value is -0.450. The molecule has 0 atom stereocenters. The van der Waals surface area contributed by atoms with Gasteiger partial charge in [-0.3, -0.25) is 4.55 Å². The Bertz CT molecular complexity index is 857. The van der Waals surface area contributed by atoms with E-state index in [2.05, 4.69) is 0 Å². The molecule has 10 heteroatoms. The standard InChI is InChI=1S/C7H8ClNO2S.C7H8O3S.Na.H/c1-6-2-4-7(5-3-6)12(10,11)9-8;1-6-2-4-7(5-3-6)11(8,9)10;;/h2-5,9H,1H3;2-5H,1H3,(H,8,9,10);;/q;;+1;-1. The Labute approximate surface area is 170 Å². The number of benzene rings is 2. The zero-order chi connectivity index (χ0) is 17.7. The molecule has 2 aromatic carbocycles. The van der Waals surface area contributed by atoms with E-state index in [1.54, 1.807) is 28.5 Å². The predicted molar refractivity (Wildman–Crippen MR) is 89.5 cm³/mol. The molecule has 128 valence electrons. The van der Waals surface area contributed by atoms with Crippen LogP contribution in [0.2, 0.25) is 0 Å². The molecule has 2 aromatic rings. The largest absolute Gasteiger partial charge is 1.00 e. The molecule has 0 heterocycles. The van der Waals surface area contributed by atoms with Crippen LogP contribution in [0, 0.1) is 13.8 Å². The first-order chi connectivity index (χ1) is 10.6. The third kappa shape index (κ3) is 7.62. The third-order valence-corrected chi connectivity index (χ3v) is 5.32. The van der Waals surface area contributed by atoms with Gasteiger partial charge < -0.3 is 1.43 Å². The number of rotatable bonds is 3. The van der Waals surface area contributed by atoms with Gasteiger partial charge in [0.05, 0.1) is 9.79 Å². The van der Waals surface area contributed by atoms with Crippen molar-refractivity contribution in [2.45, 2.75) is 23.6 Å². The molecule has 0 saturated heterocycles. The van der Waals surface area contributed by atoms with E-state index in [9.17, 15) is 16.8 Å². The molecule has 0 amide bonds. The van der Waals surface area contributed by atoms with Crippen LogP contribution < -0.4 is 33.8 Å². The Morgan fingerprint density at radius 2 is 1.17 bits per heavy atom. The van der Waals surface area contributed by atoms with Crippen LogP contribution in [-0.2, 0) is 20.1 Å². The number of sulfonamides is 1. The summed E-state index contributed by atoms with van der Waals surface area (Å²) < 4.78 is 53.4. The molecule has 0 saturated carbocycles. The predicted octanol–water partition coefficient (Wildman–Crippen LogP) is -0.215. The first kappa shape index (κ1) is 23.5. The second-order valence-corrected chi connectivity index (χ2v) is 8.20. The van der Waals surface area contributed by atoms with Crippen LogP contribution in [0.4, 0.5) is 0 Å². The van der Waals surface area contributed by atoms with Gasteiger partial charge in [-0.25, -0.2) is 8.42 Å². The second kappa shape index (κ2) is 9.88. The zero-order valence-electron chi connectivity index (χ0n) is 14.4. The van der Waals surface area contributed by atoms with Crippen LogP contribution in [0.1, 0.15) is 12.6 Å². The van der Waals surface area contributed by atoms with Crippen molar-refractivity contribution >= 4 is 31.9 Å².